The second-order valence-electron chi connectivity index (χ2n) is 5.60. The van der Waals surface area contributed by atoms with Crippen LogP contribution in [-0.2, 0) is 6.54 Å². The molecule has 1 fully saturated rings. The van der Waals surface area contributed by atoms with E-state index in [9.17, 15) is 4.39 Å². The van der Waals surface area contributed by atoms with Crippen molar-refractivity contribution < 1.29 is 4.39 Å². The summed E-state index contributed by atoms with van der Waals surface area (Å²) in [5.74, 6) is -0.448. The topological polar surface area (TPSA) is 42.3 Å². The molecule has 1 heterocycles. The molecule has 1 aromatic rings. The molecule has 5 heteroatoms. The molecule has 0 aromatic heterocycles. The zero-order chi connectivity index (χ0) is 15.1. The van der Waals surface area contributed by atoms with Crippen LogP contribution < -0.4 is 5.32 Å². The molecule has 1 aromatic carbocycles. The summed E-state index contributed by atoms with van der Waals surface area (Å²) >= 11 is 0. The van der Waals surface area contributed by atoms with Crippen molar-refractivity contribution in [2.24, 2.45) is 0 Å². The van der Waals surface area contributed by atoms with Gasteiger partial charge in [-0.2, -0.15) is 5.26 Å². The molecule has 1 aliphatic heterocycles. The van der Waals surface area contributed by atoms with Crippen molar-refractivity contribution in [3.8, 4) is 6.07 Å². The van der Waals surface area contributed by atoms with E-state index in [1.807, 2.05) is 6.07 Å². The molecule has 1 N–H and O–H groups in total. The van der Waals surface area contributed by atoms with E-state index in [-0.39, 0.29) is 5.56 Å². The number of piperazine rings is 1. The lowest BCUT2D eigenvalue weighted by molar-refractivity contribution is 0.153. The summed E-state index contributed by atoms with van der Waals surface area (Å²) in [5, 5.41) is 12.1. The molecule has 0 aliphatic carbocycles. The lowest BCUT2D eigenvalue weighted by Gasteiger charge is -2.32. The fourth-order valence-corrected chi connectivity index (χ4v) is 2.50. The van der Waals surface area contributed by atoms with Crippen LogP contribution in [0.15, 0.2) is 18.2 Å². The molecular formula is C16H23FN4. The molecule has 1 aliphatic rings. The minimum atomic E-state index is -0.448. The van der Waals surface area contributed by atoms with Gasteiger partial charge in [0.15, 0.2) is 0 Å². The van der Waals surface area contributed by atoms with Crippen molar-refractivity contribution in [1.82, 2.24) is 15.1 Å². The molecule has 0 saturated carbocycles. The zero-order valence-electron chi connectivity index (χ0n) is 12.6. The van der Waals surface area contributed by atoms with Crippen LogP contribution in [0, 0.1) is 17.1 Å². The first-order chi connectivity index (χ1) is 10.2. The molecule has 0 spiro atoms. The summed E-state index contributed by atoms with van der Waals surface area (Å²) in [4.78, 5) is 4.85. The van der Waals surface area contributed by atoms with Gasteiger partial charge >= 0.3 is 0 Å². The maximum atomic E-state index is 13.2. The van der Waals surface area contributed by atoms with E-state index in [0.29, 0.717) is 6.54 Å². The Balaban J connectivity index is 1.63. The van der Waals surface area contributed by atoms with Crippen molar-refractivity contribution in [2.75, 3.05) is 46.3 Å². The summed E-state index contributed by atoms with van der Waals surface area (Å²) < 4.78 is 13.2. The van der Waals surface area contributed by atoms with E-state index < -0.39 is 5.82 Å². The third-order valence-corrected chi connectivity index (χ3v) is 3.90. The molecular weight excluding hydrogens is 267 g/mol. The first-order valence-electron chi connectivity index (χ1n) is 7.49. The van der Waals surface area contributed by atoms with Gasteiger partial charge in [-0.15, -0.1) is 0 Å². The largest absolute Gasteiger partial charge is 0.313 e. The summed E-state index contributed by atoms with van der Waals surface area (Å²) in [6.45, 7) is 7.34. The molecule has 2 rings (SSSR count). The van der Waals surface area contributed by atoms with Crippen LogP contribution in [0.2, 0.25) is 0 Å². The second kappa shape index (κ2) is 8.08. The maximum absolute atomic E-state index is 13.2. The number of nitrogens with one attached hydrogen (secondary N) is 1. The van der Waals surface area contributed by atoms with Crippen molar-refractivity contribution in [3.63, 3.8) is 0 Å². The zero-order valence-corrected chi connectivity index (χ0v) is 12.6. The smallest absolute Gasteiger partial charge is 0.140 e. The number of likely N-dealkylation sites (N-methyl/N-ethyl adjacent to an activating group) is 1. The number of benzene rings is 1. The Morgan fingerprint density at radius 2 is 2.05 bits per heavy atom. The highest BCUT2D eigenvalue weighted by Crippen LogP contribution is 2.09. The molecule has 1 saturated heterocycles. The average Bonchev–Trinajstić information content (AvgIpc) is 2.50. The van der Waals surface area contributed by atoms with Gasteiger partial charge < -0.3 is 15.1 Å². The maximum Gasteiger partial charge on any atom is 0.140 e. The van der Waals surface area contributed by atoms with Gasteiger partial charge in [-0.3, -0.25) is 0 Å². The van der Waals surface area contributed by atoms with E-state index in [4.69, 9.17) is 5.26 Å². The average molecular weight is 290 g/mol. The van der Waals surface area contributed by atoms with E-state index in [1.54, 1.807) is 12.1 Å². The molecule has 0 amide bonds. The highest BCUT2D eigenvalue weighted by molar-refractivity contribution is 5.34. The predicted molar refractivity (Wildman–Crippen MR) is 81.4 cm³/mol. The normalized spacial score (nSPS) is 16.8. The van der Waals surface area contributed by atoms with E-state index >= 15 is 0 Å². The summed E-state index contributed by atoms with van der Waals surface area (Å²) in [6.07, 6.45) is 1.11. The van der Waals surface area contributed by atoms with Gasteiger partial charge in [0.25, 0.3) is 0 Å². The van der Waals surface area contributed by atoms with Gasteiger partial charge in [-0.1, -0.05) is 6.07 Å². The predicted octanol–water partition coefficient (Wildman–Crippen LogP) is 1.42. The van der Waals surface area contributed by atoms with Gasteiger partial charge in [-0.25, -0.2) is 4.39 Å². The molecule has 4 nitrogen and oxygen atoms in total. The Hall–Kier alpha value is -1.48. The van der Waals surface area contributed by atoms with Crippen LogP contribution in [0.3, 0.4) is 0 Å². The third-order valence-electron chi connectivity index (χ3n) is 3.90. The minimum Gasteiger partial charge on any atom is -0.313 e. The van der Waals surface area contributed by atoms with Crippen molar-refractivity contribution >= 4 is 0 Å². The third kappa shape index (κ3) is 5.09. The summed E-state index contributed by atoms with van der Waals surface area (Å²) in [5.41, 5.74) is 1.07. The van der Waals surface area contributed by atoms with E-state index in [1.165, 1.54) is 6.07 Å². The lowest BCUT2D eigenvalue weighted by atomic mass is 10.1. The van der Waals surface area contributed by atoms with Gasteiger partial charge in [0.2, 0.25) is 0 Å². The van der Waals surface area contributed by atoms with Crippen molar-refractivity contribution in [2.45, 2.75) is 13.0 Å². The highest BCUT2D eigenvalue weighted by atomic mass is 19.1. The molecule has 0 radical (unpaired) electrons. The highest BCUT2D eigenvalue weighted by Gasteiger charge is 2.12. The van der Waals surface area contributed by atoms with Gasteiger partial charge in [0.05, 0.1) is 5.56 Å². The number of nitrogens with zero attached hydrogens (tertiary/aromatic N) is 3. The lowest BCUT2D eigenvalue weighted by Crippen LogP contribution is -2.45. The number of rotatable bonds is 6. The standard InChI is InChI=1S/C16H23FN4/c1-20-7-9-21(10-8-20)6-2-5-19-13-14-3-4-16(17)15(11-14)12-18/h3-4,11,19H,2,5-10,13H2,1H3. The Bertz CT molecular complexity index is 490. The van der Waals surface area contributed by atoms with Crippen LogP contribution in [0.1, 0.15) is 17.5 Å². The van der Waals surface area contributed by atoms with Crippen molar-refractivity contribution in [1.29, 1.82) is 5.26 Å². The number of hydrogen-bond donors (Lipinski definition) is 1. The summed E-state index contributed by atoms with van der Waals surface area (Å²) in [7, 11) is 2.16. The fraction of sp³-hybridized carbons (Fsp3) is 0.562. The number of halogens is 1. The first-order valence-corrected chi connectivity index (χ1v) is 7.49. The first kappa shape index (κ1) is 15.9. The molecule has 0 unspecified atom stereocenters. The summed E-state index contributed by atoms with van der Waals surface area (Å²) in [6, 6.07) is 6.57. The van der Waals surface area contributed by atoms with E-state index in [0.717, 1.165) is 51.3 Å². The Morgan fingerprint density at radius 1 is 1.29 bits per heavy atom. The quantitative estimate of drug-likeness (QED) is 0.805. The van der Waals surface area contributed by atoms with Gasteiger partial charge in [0, 0.05) is 32.7 Å². The molecule has 0 atom stereocenters. The Labute approximate surface area is 126 Å². The van der Waals surface area contributed by atoms with Crippen LogP contribution in [0.25, 0.3) is 0 Å². The Morgan fingerprint density at radius 3 is 2.76 bits per heavy atom. The monoisotopic (exact) mass is 290 g/mol. The number of nitriles is 1. The van der Waals surface area contributed by atoms with Gasteiger partial charge in [-0.05, 0) is 44.3 Å². The van der Waals surface area contributed by atoms with Crippen LogP contribution in [-0.4, -0.2) is 56.1 Å². The molecule has 21 heavy (non-hydrogen) atoms. The van der Waals surface area contributed by atoms with Crippen LogP contribution >= 0.6 is 0 Å². The fourth-order valence-electron chi connectivity index (χ4n) is 2.50. The SMILES string of the molecule is CN1CCN(CCCNCc2ccc(F)c(C#N)c2)CC1. The molecule has 0 bridgehead atoms. The van der Waals surface area contributed by atoms with Crippen molar-refractivity contribution in [3.05, 3.63) is 35.1 Å². The minimum absolute atomic E-state index is 0.117. The van der Waals surface area contributed by atoms with Gasteiger partial charge in [0.1, 0.15) is 11.9 Å². The molecule has 114 valence electrons. The van der Waals surface area contributed by atoms with Crippen LogP contribution in [0.4, 0.5) is 4.39 Å². The number of hydrogen-bond acceptors (Lipinski definition) is 4. The second-order valence-corrected chi connectivity index (χ2v) is 5.60. The van der Waals surface area contributed by atoms with Crippen LogP contribution in [0.5, 0.6) is 0 Å². The Kier molecular flexibility index (Phi) is 6.12. The van der Waals surface area contributed by atoms with E-state index in [2.05, 4.69) is 22.2 Å².